The summed E-state index contributed by atoms with van der Waals surface area (Å²) in [6, 6.07) is 2.03. The fraction of sp³-hybridized carbons (Fsp3) is 0.750. The Hall–Kier alpha value is -0.910. The van der Waals surface area contributed by atoms with Crippen molar-refractivity contribution in [2.24, 2.45) is 5.84 Å². The van der Waals surface area contributed by atoms with Crippen molar-refractivity contribution in [2.45, 2.75) is 50.8 Å². The summed E-state index contributed by atoms with van der Waals surface area (Å²) in [4.78, 5) is 0. The highest BCUT2D eigenvalue weighted by atomic mass is 16.5. The molecule has 96 valence electrons. The number of nitrogens with two attached hydrogens (primary N) is 1. The summed E-state index contributed by atoms with van der Waals surface area (Å²) in [5.41, 5.74) is 3.86. The number of hydrazine groups is 1. The normalized spacial score (nSPS) is 20.6. The van der Waals surface area contributed by atoms with Gasteiger partial charge in [-0.2, -0.15) is 5.10 Å². The summed E-state index contributed by atoms with van der Waals surface area (Å²) in [6.45, 7) is 2.93. The molecule has 5 heteroatoms. The molecule has 0 saturated heterocycles. The van der Waals surface area contributed by atoms with Gasteiger partial charge in [-0.15, -0.1) is 0 Å². The van der Waals surface area contributed by atoms with Gasteiger partial charge in [0.15, 0.2) is 0 Å². The molecule has 1 fully saturated rings. The fourth-order valence-electron chi connectivity index (χ4n) is 2.94. The van der Waals surface area contributed by atoms with Crippen molar-refractivity contribution in [3.05, 3.63) is 18.0 Å². The molecule has 5 nitrogen and oxygen atoms in total. The Kier molecular flexibility index (Phi) is 3.81. The van der Waals surface area contributed by atoms with Gasteiger partial charge in [-0.1, -0.05) is 12.8 Å². The van der Waals surface area contributed by atoms with Gasteiger partial charge in [0.1, 0.15) is 0 Å². The molecule has 2 rings (SSSR count). The Labute approximate surface area is 102 Å². The molecule has 17 heavy (non-hydrogen) atoms. The number of nitrogens with one attached hydrogen (secondary N) is 1. The Bertz CT molecular complexity index is 357. The predicted molar refractivity (Wildman–Crippen MR) is 66.2 cm³/mol. The van der Waals surface area contributed by atoms with Crippen molar-refractivity contribution < 1.29 is 4.74 Å². The van der Waals surface area contributed by atoms with Crippen molar-refractivity contribution in [2.75, 3.05) is 7.11 Å². The molecule has 1 unspecified atom stereocenters. The molecule has 1 aromatic heterocycles. The zero-order chi connectivity index (χ0) is 12.3. The van der Waals surface area contributed by atoms with Crippen molar-refractivity contribution in [1.82, 2.24) is 15.2 Å². The van der Waals surface area contributed by atoms with E-state index in [1.54, 1.807) is 7.11 Å². The largest absolute Gasteiger partial charge is 0.376 e. The second kappa shape index (κ2) is 5.16. The summed E-state index contributed by atoms with van der Waals surface area (Å²) in [5.74, 6) is 5.76. The molecule has 1 saturated carbocycles. The van der Waals surface area contributed by atoms with Gasteiger partial charge in [-0.3, -0.25) is 10.5 Å². The van der Waals surface area contributed by atoms with E-state index < -0.39 is 0 Å². The second-order valence-corrected chi connectivity index (χ2v) is 4.65. The maximum atomic E-state index is 5.79. The molecule has 0 spiro atoms. The third-order valence-corrected chi connectivity index (χ3v) is 3.89. The van der Waals surface area contributed by atoms with Crippen LogP contribution in [0, 0.1) is 0 Å². The van der Waals surface area contributed by atoms with Gasteiger partial charge in [0, 0.05) is 19.9 Å². The average molecular weight is 238 g/mol. The monoisotopic (exact) mass is 238 g/mol. The molecule has 0 aliphatic heterocycles. The molecule has 1 atom stereocenters. The van der Waals surface area contributed by atoms with E-state index in [1.807, 2.05) is 16.9 Å². The molecule has 0 bridgehead atoms. The highest BCUT2D eigenvalue weighted by Crippen LogP contribution is 2.42. The molecule has 1 aromatic rings. The van der Waals surface area contributed by atoms with Crippen molar-refractivity contribution in [3.8, 4) is 0 Å². The highest BCUT2D eigenvalue weighted by Gasteiger charge is 2.43. The first-order valence-electron chi connectivity index (χ1n) is 6.30. The SMILES string of the molecule is CCn1nccc1C(NN)C1(OC)CCCC1. The lowest BCUT2D eigenvalue weighted by Crippen LogP contribution is -2.47. The summed E-state index contributed by atoms with van der Waals surface area (Å²) in [5, 5.41) is 4.31. The molecule has 0 amide bonds. The highest BCUT2D eigenvalue weighted by molar-refractivity contribution is 5.14. The third-order valence-electron chi connectivity index (χ3n) is 3.89. The molecule has 3 N–H and O–H groups in total. The van der Waals surface area contributed by atoms with Crippen molar-refractivity contribution in [1.29, 1.82) is 0 Å². The zero-order valence-corrected chi connectivity index (χ0v) is 10.6. The summed E-state index contributed by atoms with van der Waals surface area (Å²) >= 11 is 0. The van der Waals surface area contributed by atoms with Crippen LogP contribution in [0.15, 0.2) is 12.3 Å². The summed E-state index contributed by atoms with van der Waals surface area (Å²) in [6.07, 6.45) is 6.32. The van der Waals surface area contributed by atoms with Gasteiger partial charge in [0.2, 0.25) is 0 Å². The van der Waals surface area contributed by atoms with Crippen LogP contribution in [0.4, 0.5) is 0 Å². The molecule has 0 radical (unpaired) electrons. The van der Waals surface area contributed by atoms with E-state index in [9.17, 15) is 0 Å². The zero-order valence-electron chi connectivity index (χ0n) is 10.6. The molecule has 1 heterocycles. The van der Waals surface area contributed by atoms with E-state index in [0.717, 1.165) is 25.1 Å². The van der Waals surface area contributed by atoms with Crippen LogP contribution in [0.3, 0.4) is 0 Å². The first kappa shape index (κ1) is 12.5. The van der Waals surface area contributed by atoms with Gasteiger partial charge in [-0.05, 0) is 25.8 Å². The smallest absolute Gasteiger partial charge is 0.0918 e. The number of hydrogen-bond donors (Lipinski definition) is 2. The van der Waals surface area contributed by atoms with E-state index in [2.05, 4.69) is 17.4 Å². The number of aryl methyl sites for hydroxylation is 1. The van der Waals surface area contributed by atoms with Crippen LogP contribution in [0.25, 0.3) is 0 Å². The second-order valence-electron chi connectivity index (χ2n) is 4.65. The topological polar surface area (TPSA) is 65.1 Å². The first-order chi connectivity index (χ1) is 8.27. The Morgan fingerprint density at radius 2 is 2.29 bits per heavy atom. The van der Waals surface area contributed by atoms with E-state index in [0.29, 0.717) is 0 Å². The number of methoxy groups -OCH3 is 1. The van der Waals surface area contributed by atoms with E-state index in [1.165, 1.54) is 12.8 Å². The number of aromatic nitrogens is 2. The quantitative estimate of drug-likeness (QED) is 0.600. The van der Waals surface area contributed by atoms with Crippen LogP contribution >= 0.6 is 0 Å². The van der Waals surface area contributed by atoms with E-state index in [4.69, 9.17) is 10.6 Å². The lowest BCUT2D eigenvalue weighted by molar-refractivity contribution is -0.0390. The minimum atomic E-state index is -0.179. The van der Waals surface area contributed by atoms with Gasteiger partial charge < -0.3 is 4.74 Å². The van der Waals surface area contributed by atoms with Crippen LogP contribution in [0.1, 0.15) is 44.3 Å². The number of ether oxygens (including phenoxy) is 1. The maximum Gasteiger partial charge on any atom is 0.0918 e. The molecule has 0 aromatic carbocycles. The van der Waals surface area contributed by atoms with Gasteiger partial charge >= 0.3 is 0 Å². The Morgan fingerprint density at radius 1 is 1.59 bits per heavy atom. The van der Waals surface area contributed by atoms with Crippen LogP contribution in [-0.4, -0.2) is 22.5 Å². The standard InChI is InChI=1S/C12H22N4O/c1-3-16-10(6-9-14-16)11(15-13)12(17-2)7-4-5-8-12/h6,9,11,15H,3-5,7-8,13H2,1-2H3. The van der Waals surface area contributed by atoms with Gasteiger partial charge in [0.25, 0.3) is 0 Å². The molecular formula is C12H22N4O. The van der Waals surface area contributed by atoms with Gasteiger partial charge in [-0.25, -0.2) is 5.43 Å². The number of rotatable bonds is 5. The van der Waals surface area contributed by atoms with E-state index >= 15 is 0 Å². The molecular weight excluding hydrogens is 216 g/mol. The lowest BCUT2D eigenvalue weighted by atomic mass is 9.90. The lowest BCUT2D eigenvalue weighted by Gasteiger charge is -2.36. The van der Waals surface area contributed by atoms with Crippen LogP contribution in [0.5, 0.6) is 0 Å². The van der Waals surface area contributed by atoms with Crippen molar-refractivity contribution in [3.63, 3.8) is 0 Å². The number of nitrogens with zero attached hydrogens (tertiary/aromatic N) is 2. The van der Waals surface area contributed by atoms with Crippen LogP contribution in [0.2, 0.25) is 0 Å². The Morgan fingerprint density at radius 3 is 2.82 bits per heavy atom. The third kappa shape index (κ3) is 2.10. The molecule has 1 aliphatic carbocycles. The maximum absolute atomic E-state index is 5.79. The van der Waals surface area contributed by atoms with Crippen molar-refractivity contribution >= 4 is 0 Å². The van der Waals surface area contributed by atoms with Crippen LogP contribution in [-0.2, 0) is 11.3 Å². The number of hydrogen-bond acceptors (Lipinski definition) is 4. The van der Waals surface area contributed by atoms with E-state index in [-0.39, 0.29) is 11.6 Å². The predicted octanol–water partition coefficient (Wildman–Crippen LogP) is 1.37. The van der Waals surface area contributed by atoms with Gasteiger partial charge in [0.05, 0.1) is 17.3 Å². The average Bonchev–Trinajstić information content (AvgIpc) is 2.99. The van der Waals surface area contributed by atoms with Crippen LogP contribution < -0.4 is 11.3 Å². The fourth-order valence-corrected chi connectivity index (χ4v) is 2.94. The molecule has 1 aliphatic rings. The summed E-state index contributed by atoms with van der Waals surface area (Å²) in [7, 11) is 1.78. The Balaban J connectivity index is 2.32. The minimum Gasteiger partial charge on any atom is -0.376 e. The summed E-state index contributed by atoms with van der Waals surface area (Å²) < 4.78 is 7.77. The first-order valence-corrected chi connectivity index (χ1v) is 6.30. The minimum absolute atomic E-state index is 0.0115.